The molecule has 0 spiro atoms. The van der Waals surface area contributed by atoms with Crippen LogP contribution >= 0.6 is 0 Å². The van der Waals surface area contributed by atoms with Crippen LogP contribution < -0.4 is 11.3 Å². The second-order valence-electron chi connectivity index (χ2n) is 2.70. The van der Waals surface area contributed by atoms with Crippen molar-refractivity contribution in [2.45, 2.75) is 27.1 Å². The molecule has 0 radical (unpaired) electrons. The topological polar surface area (TPSA) is 113 Å². The lowest BCUT2D eigenvalue weighted by atomic mass is 10.8. The first kappa shape index (κ1) is 17.9. The third-order valence-electron chi connectivity index (χ3n) is 1.34. The van der Waals surface area contributed by atoms with Crippen LogP contribution in [0.25, 0.3) is 0 Å². The van der Waals surface area contributed by atoms with E-state index in [2.05, 4.69) is 29.9 Å². The second-order valence-corrected chi connectivity index (χ2v) is 2.70. The van der Waals surface area contributed by atoms with Gasteiger partial charge in [-0.15, -0.1) is 10.2 Å². The Kier molecular flexibility index (Phi) is 13.2. The first-order chi connectivity index (χ1) is 7.97. The van der Waals surface area contributed by atoms with Gasteiger partial charge in [0.15, 0.2) is 6.29 Å². The number of aromatic nitrogens is 2. The molecule has 0 bridgehead atoms. The summed E-state index contributed by atoms with van der Waals surface area (Å²) in [5, 5.41) is 6.91. The summed E-state index contributed by atoms with van der Waals surface area (Å²) in [4.78, 5) is 9.58. The van der Waals surface area contributed by atoms with Crippen LogP contribution in [0.3, 0.4) is 0 Å². The Morgan fingerprint density at radius 1 is 1.53 bits per heavy atom. The average molecular weight is 248 g/mol. The Morgan fingerprint density at radius 3 is 2.06 bits per heavy atom. The van der Waals surface area contributed by atoms with Gasteiger partial charge >= 0.3 is 0 Å². The van der Waals surface area contributed by atoms with E-state index < -0.39 is 0 Å². The Labute approximate surface area is 100 Å². The van der Waals surface area contributed by atoms with Gasteiger partial charge in [0, 0.05) is 28.1 Å². The fourth-order valence-electron chi connectivity index (χ4n) is 0.325. The van der Waals surface area contributed by atoms with Gasteiger partial charge < -0.3 is 13.9 Å². The summed E-state index contributed by atoms with van der Waals surface area (Å²) in [5.41, 5.74) is 1.89. The minimum Gasteiger partial charge on any atom is -0.428 e. The Bertz CT molecular complexity index is 262. The van der Waals surface area contributed by atoms with Crippen LogP contribution in [0.4, 0.5) is 0 Å². The number of nitrogens with zero attached hydrogens (tertiary/aromatic N) is 2. The molecule has 0 aliphatic rings. The van der Waals surface area contributed by atoms with Crippen LogP contribution in [-0.4, -0.2) is 36.6 Å². The van der Waals surface area contributed by atoms with Gasteiger partial charge in [0.05, 0.1) is 0 Å². The van der Waals surface area contributed by atoms with Crippen molar-refractivity contribution < 1.29 is 18.7 Å². The minimum atomic E-state index is -0.218. The van der Waals surface area contributed by atoms with Crippen LogP contribution in [0, 0.1) is 6.92 Å². The van der Waals surface area contributed by atoms with E-state index in [1.165, 1.54) is 13.3 Å². The average Bonchev–Trinajstić information content (AvgIpc) is 2.80. The highest BCUT2D eigenvalue weighted by atomic mass is 16.7. The van der Waals surface area contributed by atoms with Crippen LogP contribution in [0.1, 0.15) is 19.7 Å². The van der Waals surface area contributed by atoms with Crippen LogP contribution in [-0.2, 0) is 14.3 Å². The Morgan fingerprint density at radius 2 is 2.00 bits per heavy atom. The number of carbonyl (C=O) groups is 1. The second kappa shape index (κ2) is 12.6. The van der Waals surface area contributed by atoms with E-state index >= 15 is 0 Å². The number of hydrazine groups is 1. The predicted octanol–water partition coefficient (Wildman–Crippen LogP) is -0.000580. The number of rotatable bonds is 2. The van der Waals surface area contributed by atoms with E-state index in [-0.39, 0.29) is 12.2 Å². The number of hydrogen-bond donors (Lipinski definition) is 2. The standard InChI is InChI=1S/C4H10O2.C3H4N2O.C2H6N2O/c1-4(5-2)6-3;1-3-5-4-2-6-3;1-2(5)4-3/h4H,1-3H3;2H,1H3;3H2,1H3,(H,4,5). The SMILES string of the molecule is CC(=O)NN.COC(C)OC.Cc1nnco1. The van der Waals surface area contributed by atoms with Crippen molar-refractivity contribution in [3.8, 4) is 0 Å². The molecule has 8 heteroatoms. The molecule has 1 aromatic rings. The van der Waals surface area contributed by atoms with E-state index in [1.807, 2.05) is 12.3 Å². The van der Waals surface area contributed by atoms with Gasteiger partial charge in [0.2, 0.25) is 18.2 Å². The summed E-state index contributed by atoms with van der Waals surface area (Å²) >= 11 is 0. The van der Waals surface area contributed by atoms with Crippen molar-refractivity contribution in [1.29, 1.82) is 0 Å². The van der Waals surface area contributed by atoms with E-state index in [4.69, 9.17) is 0 Å². The smallest absolute Gasteiger partial charge is 0.230 e. The highest BCUT2D eigenvalue weighted by Gasteiger charge is 1.87. The van der Waals surface area contributed by atoms with Crippen molar-refractivity contribution in [1.82, 2.24) is 15.6 Å². The molecular formula is C9H20N4O4. The lowest BCUT2D eigenvalue weighted by Gasteiger charge is -2.03. The summed E-state index contributed by atoms with van der Waals surface area (Å²) in [6, 6.07) is 0. The zero-order chi connectivity index (χ0) is 13.7. The highest BCUT2D eigenvalue weighted by Crippen LogP contribution is 1.83. The largest absolute Gasteiger partial charge is 0.428 e. The molecule has 0 aromatic carbocycles. The van der Waals surface area contributed by atoms with Crippen molar-refractivity contribution in [3.63, 3.8) is 0 Å². The number of ether oxygens (including phenoxy) is 2. The van der Waals surface area contributed by atoms with Gasteiger partial charge in [-0.1, -0.05) is 0 Å². The molecule has 0 unspecified atom stereocenters. The fourth-order valence-corrected chi connectivity index (χ4v) is 0.325. The normalized spacial score (nSPS) is 8.65. The van der Waals surface area contributed by atoms with Crippen molar-refractivity contribution in [2.75, 3.05) is 14.2 Å². The van der Waals surface area contributed by atoms with Crippen LogP contribution in [0.2, 0.25) is 0 Å². The number of amides is 1. The lowest BCUT2D eigenvalue weighted by molar-refractivity contribution is -0.119. The molecule has 100 valence electrons. The summed E-state index contributed by atoms with van der Waals surface area (Å²) < 4.78 is 14.0. The maximum Gasteiger partial charge on any atom is 0.230 e. The summed E-state index contributed by atoms with van der Waals surface area (Å²) in [6.45, 7) is 4.92. The van der Waals surface area contributed by atoms with Gasteiger partial charge in [-0.2, -0.15) is 0 Å². The third kappa shape index (κ3) is 17.1. The molecular weight excluding hydrogens is 228 g/mol. The van der Waals surface area contributed by atoms with Gasteiger partial charge in [-0.25, -0.2) is 5.84 Å². The zero-order valence-corrected chi connectivity index (χ0v) is 10.8. The maximum absolute atomic E-state index is 9.58. The highest BCUT2D eigenvalue weighted by molar-refractivity contribution is 5.71. The maximum atomic E-state index is 9.58. The molecule has 1 heterocycles. The van der Waals surface area contributed by atoms with Gasteiger partial charge in [-0.3, -0.25) is 10.2 Å². The summed E-state index contributed by atoms with van der Waals surface area (Å²) in [6.07, 6.45) is 1.24. The fraction of sp³-hybridized carbons (Fsp3) is 0.667. The number of aryl methyl sites for hydroxylation is 1. The van der Waals surface area contributed by atoms with E-state index in [0.29, 0.717) is 5.89 Å². The van der Waals surface area contributed by atoms with Gasteiger partial charge in [-0.05, 0) is 6.92 Å². The minimum absolute atomic E-state index is 0.0648. The summed E-state index contributed by atoms with van der Waals surface area (Å²) in [5.74, 6) is 4.96. The Balaban J connectivity index is 0. The predicted molar refractivity (Wildman–Crippen MR) is 60.5 cm³/mol. The molecule has 0 atom stereocenters. The number of carbonyl (C=O) groups excluding carboxylic acids is 1. The van der Waals surface area contributed by atoms with Gasteiger partial charge in [0.1, 0.15) is 0 Å². The third-order valence-corrected chi connectivity index (χ3v) is 1.34. The molecule has 0 saturated carbocycles. The van der Waals surface area contributed by atoms with Crippen molar-refractivity contribution >= 4 is 5.91 Å². The van der Waals surface area contributed by atoms with Crippen molar-refractivity contribution in [2.24, 2.45) is 5.84 Å². The Hall–Kier alpha value is -1.51. The lowest BCUT2D eigenvalue weighted by Crippen LogP contribution is -2.26. The first-order valence-electron chi connectivity index (χ1n) is 4.73. The molecule has 8 nitrogen and oxygen atoms in total. The molecule has 0 fully saturated rings. The van der Waals surface area contributed by atoms with Crippen LogP contribution in [0.15, 0.2) is 10.8 Å². The zero-order valence-electron chi connectivity index (χ0n) is 10.8. The van der Waals surface area contributed by atoms with Crippen LogP contribution in [0.5, 0.6) is 0 Å². The molecule has 0 saturated heterocycles. The summed E-state index contributed by atoms with van der Waals surface area (Å²) in [7, 11) is 3.21. The molecule has 3 N–H and O–H groups in total. The number of hydrogen-bond acceptors (Lipinski definition) is 7. The van der Waals surface area contributed by atoms with Gasteiger partial charge in [0.25, 0.3) is 0 Å². The molecule has 1 amide bonds. The number of nitrogens with two attached hydrogens (primary N) is 1. The molecule has 1 aromatic heterocycles. The molecule has 0 aliphatic heterocycles. The monoisotopic (exact) mass is 248 g/mol. The number of methoxy groups -OCH3 is 2. The quantitative estimate of drug-likeness (QED) is 0.328. The number of nitrogens with one attached hydrogen (secondary N) is 1. The first-order valence-corrected chi connectivity index (χ1v) is 4.73. The molecule has 1 rings (SSSR count). The molecule has 17 heavy (non-hydrogen) atoms. The molecule has 0 aliphatic carbocycles. The van der Waals surface area contributed by atoms with E-state index in [9.17, 15) is 4.79 Å². The van der Waals surface area contributed by atoms with Crippen molar-refractivity contribution in [3.05, 3.63) is 12.3 Å². The van der Waals surface area contributed by atoms with E-state index in [1.54, 1.807) is 21.1 Å². The van der Waals surface area contributed by atoms with E-state index in [0.717, 1.165) is 0 Å².